The molecule has 2 aliphatic carbocycles. The standard InChI is InChI=1S/C17H28O4/c1-2-3-4-5-6-7-8-17-13-11-9-10(12(13)16(19)21-17)14(18)15(11)20-17/h10-16,18-19H,2-9H2,1H3/t10?,11?,12?,13?,14-,15?,16+,17?/m0/s1. The first-order chi connectivity index (χ1) is 10.2. The van der Waals surface area contributed by atoms with Crippen molar-refractivity contribution in [1.82, 2.24) is 0 Å². The highest BCUT2D eigenvalue weighted by Crippen LogP contribution is 2.68. The molecule has 2 aliphatic heterocycles. The van der Waals surface area contributed by atoms with Crippen LogP contribution in [0, 0.1) is 23.7 Å². The van der Waals surface area contributed by atoms with E-state index >= 15 is 0 Å². The van der Waals surface area contributed by atoms with E-state index in [-0.39, 0.29) is 24.0 Å². The maximum atomic E-state index is 10.3. The van der Waals surface area contributed by atoms with Crippen LogP contribution in [0.1, 0.15) is 58.3 Å². The van der Waals surface area contributed by atoms with Crippen molar-refractivity contribution in [1.29, 1.82) is 0 Å². The number of fused-ring (bicyclic) bond motifs is 2. The third-order valence-electron chi connectivity index (χ3n) is 6.48. The molecule has 2 N–H and O–H groups in total. The summed E-state index contributed by atoms with van der Waals surface area (Å²) in [7, 11) is 0. The Labute approximate surface area is 126 Å². The molecule has 0 radical (unpaired) electrons. The fraction of sp³-hybridized carbons (Fsp3) is 1.00. The molecule has 2 saturated carbocycles. The van der Waals surface area contributed by atoms with E-state index < -0.39 is 12.1 Å². The normalized spacial score (nSPS) is 53.0. The van der Waals surface area contributed by atoms with Gasteiger partial charge in [-0.15, -0.1) is 0 Å². The summed E-state index contributed by atoms with van der Waals surface area (Å²) in [6.07, 6.45) is 8.22. The number of rotatable bonds is 7. The molecule has 4 fully saturated rings. The van der Waals surface area contributed by atoms with Crippen molar-refractivity contribution in [2.75, 3.05) is 0 Å². The number of ether oxygens (including phenoxy) is 2. The molecular formula is C17H28O4. The number of hydrogen-bond acceptors (Lipinski definition) is 4. The Bertz CT molecular complexity index is 400. The Morgan fingerprint density at radius 1 is 1.00 bits per heavy atom. The summed E-state index contributed by atoms with van der Waals surface area (Å²) < 4.78 is 12.1. The van der Waals surface area contributed by atoms with Crippen LogP contribution >= 0.6 is 0 Å². The van der Waals surface area contributed by atoms with Crippen LogP contribution in [-0.2, 0) is 9.47 Å². The van der Waals surface area contributed by atoms with Gasteiger partial charge in [0.2, 0.25) is 0 Å². The lowest BCUT2D eigenvalue weighted by Crippen LogP contribution is -2.41. The lowest BCUT2D eigenvalue weighted by atomic mass is 9.76. The van der Waals surface area contributed by atoms with E-state index in [9.17, 15) is 10.2 Å². The van der Waals surface area contributed by atoms with Gasteiger partial charge >= 0.3 is 0 Å². The molecule has 2 bridgehead atoms. The van der Waals surface area contributed by atoms with Gasteiger partial charge < -0.3 is 19.7 Å². The quantitative estimate of drug-likeness (QED) is 0.708. The van der Waals surface area contributed by atoms with Crippen LogP contribution in [0.5, 0.6) is 0 Å². The van der Waals surface area contributed by atoms with E-state index in [1.807, 2.05) is 0 Å². The molecule has 2 saturated heterocycles. The molecule has 0 amide bonds. The average Bonchev–Trinajstić information content (AvgIpc) is 3.12. The Kier molecular flexibility index (Phi) is 3.57. The second-order valence-corrected chi connectivity index (χ2v) is 7.58. The molecular weight excluding hydrogens is 268 g/mol. The molecule has 120 valence electrons. The lowest BCUT2D eigenvalue weighted by molar-refractivity contribution is -0.285. The first-order valence-corrected chi connectivity index (χ1v) is 8.90. The van der Waals surface area contributed by atoms with Crippen molar-refractivity contribution in [3.8, 4) is 0 Å². The van der Waals surface area contributed by atoms with Crippen LogP contribution in [0.25, 0.3) is 0 Å². The summed E-state index contributed by atoms with van der Waals surface area (Å²) in [5.41, 5.74) is 0. The van der Waals surface area contributed by atoms with Crippen molar-refractivity contribution >= 4 is 0 Å². The Morgan fingerprint density at radius 3 is 2.57 bits per heavy atom. The van der Waals surface area contributed by atoms with Gasteiger partial charge in [-0.1, -0.05) is 39.0 Å². The topological polar surface area (TPSA) is 58.9 Å². The average molecular weight is 296 g/mol. The summed E-state index contributed by atoms with van der Waals surface area (Å²) in [4.78, 5) is 0. The smallest absolute Gasteiger partial charge is 0.175 e. The van der Waals surface area contributed by atoms with Gasteiger partial charge in [0.15, 0.2) is 12.1 Å². The summed E-state index contributed by atoms with van der Waals surface area (Å²) in [6, 6.07) is 0. The summed E-state index contributed by atoms with van der Waals surface area (Å²) in [5.74, 6) is 0.433. The first-order valence-electron chi connectivity index (χ1n) is 8.90. The van der Waals surface area contributed by atoms with Crippen LogP contribution < -0.4 is 0 Å². The zero-order chi connectivity index (χ0) is 14.6. The molecule has 0 aromatic carbocycles. The molecule has 4 rings (SSSR count). The molecule has 4 nitrogen and oxygen atoms in total. The number of aliphatic hydroxyl groups excluding tert-OH is 2. The van der Waals surface area contributed by atoms with Gasteiger partial charge in [-0.3, -0.25) is 0 Å². The third-order valence-corrected chi connectivity index (χ3v) is 6.48. The summed E-state index contributed by atoms with van der Waals surface area (Å²) in [6.45, 7) is 2.23. The van der Waals surface area contributed by atoms with E-state index in [1.165, 1.54) is 32.1 Å². The maximum Gasteiger partial charge on any atom is 0.175 e. The Hall–Kier alpha value is -0.160. The Morgan fingerprint density at radius 2 is 1.76 bits per heavy atom. The van der Waals surface area contributed by atoms with E-state index in [0.717, 1.165) is 19.3 Å². The third kappa shape index (κ3) is 1.95. The van der Waals surface area contributed by atoms with Gasteiger partial charge in [-0.2, -0.15) is 0 Å². The van der Waals surface area contributed by atoms with Crippen molar-refractivity contribution in [3.63, 3.8) is 0 Å². The van der Waals surface area contributed by atoms with Crippen LogP contribution in [0.3, 0.4) is 0 Å². The number of hydrogen-bond donors (Lipinski definition) is 2. The predicted octanol–water partition coefficient (Wildman–Crippen LogP) is 2.42. The molecule has 0 aromatic rings. The number of aliphatic hydroxyl groups is 2. The van der Waals surface area contributed by atoms with Gasteiger partial charge in [0, 0.05) is 18.3 Å². The van der Waals surface area contributed by atoms with E-state index in [2.05, 4.69) is 6.92 Å². The highest BCUT2D eigenvalue weighted by Gasteiger charge is 2.76. The van der Waals surface area contributed by atoms with Gasteiger partial charge in [0.05, 0.1) is 12.2 Å². The minimum Gasteiger partial charge on any atom is -0.390 e. The van der Waals surface area contributed by atoms with Gasteiger partial charge in [-0.05, 0) is 24.7 Å². The second-order valence-electron chi connectivity index (χ2n) is 7.58. The largest absolute Gasteiger partial charge is 0.390 e. The minimum absolute atomic E-state index is 0.0381. The molecule has 21 heavy (non-hydrogen) atoms. The predicted molar refractivity (Wildman–Crippen MR) is 77.3 cm³/mol. The van der Waals surface area contributed by atoms with E-state index in [4.69, 9.17) is 9.47 Å². The molecule has 0 spiro atoms. The zero-order valence-electron chi connectivity index (χ0n) is 12.9. The highest BCUT2D eigenvalue weighted by molar-refractivity contribution is 5.18. The fourth-order valence-electron chi connectivity index (χ4n) is 5.67. The van der Waals surface area contributed by atoms with E-state index in [0.29, 0.717) is 11.8 Å². The SMILES string of the molecule is CCCCCCCCC12OC3C4CC(C(C41)[C@H](O)O2)[C@@H]3O. The van der Waals surface area contributed by atoms with Crippen molar-refractivity contribution < 1.29 is 19.7 Å². The molecule has 0 aromatic heterocycles. The number of unbranched alkanes of at least 4 members (excludes halogenated alkanes) is 5. The highest BCUT2D eigenvalue weighted by atomic mass is 16.8. The maximum absolute atomic E-state index is 10.3. The van der Waals surface area contributed by atoms with Crippen molar-refractivity contribution in [2.45, 2.75) is 82.6 Å². The van der Waals surface area contributed by atoms with Crippen LogP contribution in [0.2, 0.25) is 0 Å². The van der Waals surface area contributed by atoms with E-state index in [1.54, 1.807) is 0 Å². The monoisotopic (exact) mass is 296 g/mol. The summed E-state index contributed by atoms with van der Waals surface area (Å²) in [5, 5.41) is 20.6. The first kappa shape index (κ1) is 14.4. The van der Waals surface area contributed by atoms with Crippen molar-refractivity contribution in [2.24, 2.45) is 23.7 Å². The molecule has 4 aliphatic rings. The fourth-order valence-corrected chi connectivity index (χ4v) is 5.67. The van der Waals surface area contributed by atoms with Crippen LogP contribution in [0.15, 0.2) is 0 Å². The second kappa shape index (κ2) is 5.19. The van der Waals surface area contributed by atoms with Gasteiger partial charge in [0.1, 0.15) is 0 Å². The molecule has 6 unspecified atom stereocenters. The Balaban J connectivity index is 1.39. The van der Waals surface area contributed by atoms with Gasteiger partial charge in [0.25, 0.3) is 0 Å². The minimum atomic E-state index is -0.735. The molecule has 4 heteroatoms. The van der Waals surface area contributed by atoms with Crippen LogP contribution in [-0.4, -0.2) is 34.5 Å². The van der Waals surface area contributed by atoms with Gasteiger partial charge in [-0.25, -0.2) is 0 Å². The molecule has 8 atom stereocenters. The zero-order valence-corrected chi connectivity index (χ0v) is 12.9. The van der Waals surface area contributed by atoms with Crippen molar-refractivity contribution in [3.05, 3.63) is 0 Å². The summed E-state index contributed by atoms with van der Waals surface area (Å²) >= 11 is 0. The molecule has 2 heterocycles. The lowest BCUT2D eigenvalue weighted by Gasteiger charge is -2.31. The van der Waals surface area contributed by atoms with Crippen LogP contribution in [0.4, 0.5) is 0 Å².